The van der Waals surface area contributed by atoms with Crippen LogP contribution in [0.4, 0.5) is 0 Å². The second-order valence-corrected chi connectivity index (χ2v) is 11.4. The van der Waals surface area contributed by atoms with Crippen molar-refractivity contribution in [2.75, 3.05) is 0 Å². The van der Waals surface area contributed by atoms with Gasteiger partial charge in [0.15, 0.2) is 0 Å². The summed E-state index contributed by atoms with van der Waals surface area (Å²) in [5.74, 6) is 0.541. The molecule has 0 bridgehead atoms. The number of nitrogens with one attached hydrogen (secondary N) is 1. The van der Waals surface area contributed by atoms with Gasteiger partial charge in [0.05, 0.1) is 6.54 Å². The SMILES string of the molecule is CCCC(CCC)Cc1ccc2cc(COc3cccc4c3CN(C3CCC(=O)NC3=O)C4=O)sc2c1. The van der Waals surface area contributed by atoms with Crippen LogP contribution in [0.5, 0.6) is 5.75 Å². The smallest absolute Gasteiger partial charge is 0.255 e. The lowest BCUT2D eigenvalue weighted by atomic mass is 9.91. The quantitative estimate of drug-likeness (QED) is 0.334. The number of fused-ring (bicyclic) bond motifs is 2. The van der Waals surface area contributed by atoms with E-state index in [1.807, 2.05) is 12.1 Å². The lowest BCUT2D eigenvalue weighted by molar-refractivity contribution is -0.136. The largest absolute Gasteiger partial charge is 0.488 e. The van der Waals surface area contributed by atoms with Gasteiger partial charge in [-0.3, -0.25) is 19.7 Å². The Balaban J connectivity index is 1.28. The number of imide groups is 1. The molecule has 2 aliphatic rings. The second-order valence-electron chi connectivity index (χ2n) is 10.2. The van der Waals surface area contributed by atoms with Gasteiger partial charge < -0.3 is 9.64 Å². The number of carbonyl (C=O) groups is 3. The Labute approximate surface area is 222 Å². The summed E-state index contributed by atoms with van der Waals surface area (Å²) >= 11 is 1.75. The number of hydrogen-bond acceptors (Lipinski definition) is 5. The van der Waals surface area contributed by atoms with Crippen molar-refractivity contribution in [3.05, 3.63) is 64.0 Å². The summed E-state index contributed by atoms with van der Waals surface area (Å²) in [5.41, 5.74) is 2.78. The average molecular weight is 519 g/mol. The predicted molar refractivity (Wildman–Crippen MR) is 146 cm³/mol. The van der Waals surface area contributed by atoms with E-state index >= 15 is 0 Å². The van der Waals surface area contributed by atoms with Crippen LogP contribution >= 0.6 is 11.3 Å². The van der Waals surface area contributed by atoms with Gasteiger partial charge in [-0.1, -0.05) is 57.7 Å². The highest BCUT2D eigenvalue weighted by Crippen LogP contribution is 2.35. The summed E-state index contributed by atoms with van der Waals surface area (Å²) in [4.78, 5) is 39.7. The molecule has 7 heteroatoms. The van der Waals surface area contributed by atoms with Crippen LogP contribution in [0.25, 0.3) is 10.1 Å². The molecule has 1 saturated heterocycles. The maximum absolute atomic E-state index is 13.1. The molecule has 0 radical (unpaired) electrons. The van der Waals surface area contributed by atoms with Crippen molar-refractivity contribution in [2.24, 2.45) is 5.92 Å². The van der Waals surface area contributed by atoms with Crippen molar-refractivity contribution >= 4 is 39.1 Å². The molecule has 0 aliphatic carbocycles. The van der Waals surface area contributed by atoms with E-state index in [2.05, 4.69) is 43.4 Å². The van der Waals surface area contributed by atoms with E-state index in [0.29, 0.717) is 30.9 Å². The number of rotatable bonds is 10. The molecule has 0 saturated carbocycles. The molecule has 6 nitrogen and oxygen atoms in total. The predicted octanol–water partition coefficient (Wildman–Crippen LogP) is 6.00. The summed E-state index contributed by atoms with van der Waals surface area (Å²) in [6.45, 7) is 5.26. The molecule has 1 aromatic heterocycles. The maximum atomic E-state index is 13.1. The number of hydrogen-bond donors (Lipinski definition) is 1. The van der Waals surface area contributed by atoms with Gasteiger partial charge in [-0.2, -0.15) is 0 Å². The minimum Gasteiger partial charge on any atom is -0.488 e. The van der Waals surface area contributed by atoms with E-state index in [1.54, 1.807) is 22.3 Å². The second kappa shape index (κ2) is 11.1. The van der Waals surface area contributed by atoms with Crippen LogP contribution in [0.1, 0.15) is 78.7 Å². The van der Waals surface area contributed by atoms with Crippen molar-refractivity contribution in [2.45, 2.75) is 78.0 Å². The number of piperidine rings is 1. The molecule has 1 fully saturated rings. The summed E-state index contributed by atoms with van der Waals surface area (Å²) in [5, 5.41) is 3.58. The first kappa shape index (κ1) is 25.5. The van der Waals surface area contributed by atoms with Crippen LogP contribution in [-0.4, -0.2) is 28.7 Å². The summed E-state index contributed by atoms with van der Waals surface area (Å²) in [6.07, 6.45) is 6.74. The minimum absolute atomic E-state index is 0.186. The topological polar surface area (TPSA) is 75.7 Å². The third kappa shape index (κ3) is 5.42. The standard InChI is InChI=1S/C30H34N2O4S/c1-3-6-19(7-4-2)14-20-10-11-21-16-22(37-27(21)15-20)18-36-26-9-5-8-23-24(26)17-32(30(23)35)25-12-13-28(33)31-29(25)34/h5,8-11,15-16,19,25H,3-4,6-7,12-14,17-18H2,1-2H3,(H,31,33,34). The normalized spacial score (nSPS) is 17.5. The number of nitrogens with zero attached hydrogens (tertiary/aromatic N) is 1. The molecule has 1 unspecified atom stereocenters. The Bertz CT molecular complexity index is 1320. The van der Waals surface area contributed by atoms with Crippen molar-refractivity contribution < 1.29 is 19.1 Å². The molecular formula is C30H34N2O4S. The molecule has 2 aromatic carbocycles. The van der Waals surface area contributed by atoms with E-state index in [-0.39, 0.29) is 18.2 Å². The molecule has 37 heavy (non-hydrogen) atoms. The van der Waals surface area contributed by atoms with Gasteiger partial charge in [-0.25, -0.2) is 0 Å². The molecule has 5 rings (SSSR count). The van der Waals surface area contributed by atoms with Crippen LogP contribution < -0.4 is 10.1 Å². The third-order valence-corrected chi connectivity index (χ3v) is 8.53. The van der Waals surface area contributed by atoms with Crippen LogP contribution in [0.15, 0.2) is 42.5 Å². The molecule has 1 N–H and O–H groups in total. The van der Waals surface area contributed by atoms with Gasteiger partial charge in [0.2, 0.25) is 11.8 Å². The van der Waals surface area contributed by atoms with Crippen LogP contribution in [0, 0.1) is 5.92 Å². The van der Waals surface area contributed by atoms with Crippen molar-refractivity contribution in [1.29, 1.82) is 0 Å². The van der Waals surface area contributed by atoms with Gasteiger partial charge >= 0.3 is 0 Å². The average Bonchev–Trinajstić information content (AvgIpc) is 3.44. The van der Waals surface area contributed by atoms with Gasteiger partial charge in [0.25, 0.3) is 5.91 Å². The zero-order valence-electron chi connectivity index (χ0n) is 21.5. The fraction of sp³-hybridized carbons (Fsp3) is 0.433. The Kier molecular flexibility index (Phi) is 7.60. The molecular weight excluding hydrogens is 484 g/mol. The monoisotopic (exact) mass is 518 g/mol. The number of benzene rings is 2. The fourth-order valence-corrected chi connectivity index (χ4v) is 6.71. The summed E-state index contributed by atoms with van der Waals surface area (Å²) < 4.78 is 7.51. The van der Waals surface area contributed by atoms with Crippen molar-refractivity contribution in [1.82, 2.24) is 10.2 Å². The van der Waals surface area contributed by atoms with Crippen LogP contribution in [0.2, 0.25) is 0 Å². The highest BCUT2D eigenvalue weighted by atomic mass is 32.1. The fourth-order valence-electron chi connectivity index (χ4n) is 5.67. The van der Waals surface area contributed by atoms with Gasteiger partial charge in [0.1, 0.15) is 18.4 Å². The van der Waals surface area contributed by atoms with Crippen molar-refractivity contribution in [3.8, 4) is 5.75 Å². The number of carbonyl (C=O) groups excluding carboxylic acids is 3. The van der Waals surface area contributed by atoms with Gasteiger partial charge in [-0.15, -0.1) is 11.3 Å². The first-order valence-electron chi connectivity index (χ1n) is 13.4. The Morgan fingerprint density at radius 3 is 2.65 bits per heavy atom. The summed E-state index contributed by atoms with van der Waals surface area (Å²) in [6, 6.07) is 13.8. The Morgan fingerprint density at radius 1 is 1.08 bits per heavy atom. The number of ether oxygens (including phenoxy) is 1. The highest BCUT2D eigenvalue weighted by molar-refractivity contribution is 7.19. The lowest BCUT2D eigenvalue weighted by Crippen LogP contribution is -2.52. The van der Waals surface area contributed by atoms with Crippen LogP contribution in [-0.2, 0) is 29.2 Å². The number of thiophene rings is 1. The van der Waals surface area contributed by atoms with E-state index in [1.165, 1.54) is 41.3 Å². The van der Waals surface area contributed by atoms with E-state index in [4.69, 9.17) is 4.74 Å². The minimum atomic E-state index is -0.628. The molecule has 0 spiro atoms. The third-order valence-electron chi connectivity index (χ3n) is 7.46. The highest BCUT2D eigenvalue weighted by Gasteiger charge is 2.40. The molecule has 3 amide bonds. The van der Waals surface area contributed by atoms with Crippen molar-refractivity contribution in [3.63, 3.8) is 0 Å². The summed E-state index contributed by atoms with van der Waals surface area (Å²) in [7, 11) is 0. The van der Waals surface area contributed by atoms with E-state index in [9.17, 15) is 14.4 Å². The zero-order chi connectivity index (χ0) is 25.9. The van der Waals surface area contributed by atoms with Gasteiger partial charge in [-0.05, 0) is 54.0 Å². The van der Waals surface area contributed by atoms with E-state index in [0.717, 1.165) is 22.8 Å². The molecule has 1 atom stereocenters. The number of amides is 3. The van der Waals surface area contributed by atoms with E-state index < -0.39 is 11.9 Å². The Hall–Kier alpha value is -3.19. The first-order chi connectivity index (χ1) is 18.0. The molecule has 2 aliphatic heterocycles. The lowest BCUT2D eigenvalue weighted by Gasteiger charge is -2.29. The zero-order valence-corrected chi connectivity index (χ0v) is 22.4. The molecule has 3 aromatic rings. The van der Waals surface area contributed by atoms with Crippen LogP contribution in [0.3, 0.4) is 0 Å². The van der Waals surface area contributed by atoms with Gasteiger partial charge in [0, 0.05) is 27.1 Å². The maximum Gasteiger partial charge on any atom is 0.255 e. The Morgan fingerprint density at radius 2 is 1.89 bits per heavy atom. The molecule has 194 valence electrons. The molecule has 3 heterocycles. The first-order valence-corrected chi connectivity index (χ1v) is 14.2.